The van der Waals surface area contributed by atoms with E-state index in [1.165, 1.54) is 6.33 Å². The van der Waals surface area contributed by atoms with Crippen LogP contribution in [0.15, 0.2) is 36.8 Å². The molecule has 0 amide bonds. The van der Waals surface area contributed by atoms with E-state index in [2.05, 4.69) is 9.97 Å². The molecule has 0 saturated carbocycles. The van der Waals surface area contributed by atoms with Gasteiger partial charge in [-0.25, -0.2) is 9.97 Å². The zero-order valence-corrected chi connectivity index (χ0v) is 18.3. The molecule has 10 heteroatoms. The van der Waals surface area contributed by atoms with Gasteiger partial charge in [-0.05, 0) is 45.0 Å². The predicted molar refractivity (Wildman–Crippen MR) is 112 cm³/mol. The lowest BCUT2D eigenvalue weighted by molar-refractivity contribution is -0.203. The molecule has 32 heavy (non-hydrogen) atoms. The molecule has 2 aromatic heterocycles. The number of hydrogen-bond donors (Lipinski definition) is 0. The van der Waals surface area contributed by atoms with E-state index in [0.717, 1.165) is 0 Å². The highest BCUT2D eigenvalue weighted by molar-refractivity contribution is 6.33. The molecule has 2 saturated heterocycles. The van der Waals surface area contributed by atoms with Gasteiger partial charge in [-0.3, -0.25) is 4.79 Å². The first-order valence-electron chi connectivity index (χ1n) is 10.2. The minimum Gasteiger partial charge on any atom is -0.454 e. The largest absolute Gasteiger partial charge is 0.454 e. The summed E-state index contributed by atoms with van der Waals surface area (Å²) >= 11 is 6.23. The summed E-state index contributed by atoms with van der Waals surface area (Å²) in [6.07, 6.45) is 1.05. The van der Waals surface area contributed by atoms with E-state index >= 15 is 0 Å². The summed E-state index contributed by atoms with van der Waals surface area (Å²) in [5.41, 5.74) is -0.00701. The molecular weight excluding hydrogens is 438 g/mol. The van der Waals surface area contributed by atoms with E-state index in [1.807, 2.05) is 31.4 Å². The van der Waals surface area contributed by atoms with E-state index in [4.69, 9.17) is 35.3 Å². The van der Waals surface area contributed by atoms with Crippen molar-refractivity contribution in [1.82, 2.24) is 14.5 Å². The van der Waals surface area contributed by atoms with Crippen LogP contribution in [0.5, 0.6) is 11.5 Å². The van der Waals surface area contributed by atoms with Crippen LogP contribution < -0.4 is 9.47 Å². The van der Waals surface area contributed by atoms with Crippen molar-refractivity contribution in [2.45, 2.75) is 50.6 Å². The molecular formula is C22H20ClN3O6. The molecule has 2 fully saturated rings. The lowest BCUT2D eigenvalue weighted by Crippen LogP contribution is -2.47. The maximum Gasteiger partial charge on any atom is 0.231 e. The number of benzene rings is 1. The molecule has 0 aliphatic carbocycles. The van der Waals surface area contributed by atoms with E-state index in [0.29, 0.717) is 33.2 Å². The number of hydrogen-bond acceptors (Lipinski definition) is 8. The maximum absolute atomic E-state index is 13.6. The molecule has 3 aliphatic heterocycles. The number of halogens is 1. The number of fused-ring (bicyclic) bond motifs is 3. The van der Waals surface area contributed by atoms with Crippen LogP contribution in [0.4, 0.5) is 0 Å². The normalized spacial score (nSPS) is 30.1. The van der Waals surface area contributed by atoms with Gasteiger partial charge in [-0.2, -0.15) is 0 Å². The van der Waals surface area contributed by atoms with Gasteiger partial charge in [0.25, 0.3) is 0 Å². The Hall–Kier alpha value is -2.72. The Morgan fingerprint density at radius 2 is 1.97 bits per heavy atom. The highest BCUT2D eigenvalue weighted by Gasteiger charge is 2.66. The molecule has 4 atom stereocenters. The van der Waals surface area contributed by atoms with Crippen LogP contribution in [0.1, 0.15) is 37.4 Å². The van der Waals surface area contributed by atoms with Gasteiger partial charge in [0.2, 0.25) is 6.79 Å². The van der Waals surface area contributed by atoms with Crippen LogP contribution in [-0.2, 0) is 14.2 Å². The van der Waals surface area contributed by atoms with Crippen molar-refractivity contribution in [3.63, 3.8) is 0 Å². The summed E-state index contributed by atoms with van der Waals surface area (Å²) in [7, 11) is 0. The topological polar surface area (TPSA) is 93.9 Å². The van der Waals surface area contributed by atoms with Crippen molar-refractivity contribution in [2.24, 2.45) is 0 Å². The van der Waals surface area contributed by atoms with Crippen molar-refractivity contribution in [3.8, 4) is 11.5 Å². The molecule has 0 bridgehead atoms. The third-order valence-corrected chi connectivity index (χ3v) is 6.43. The molecule has 5 heterocycles. The summed E-state index contributed by atoms with van der Waals surface area (Å²) in [5, 5.41) is 1.02. The molecule has 0 unspecified atom stereocenters. The van der Waals surface area contributed by atoms with E-state index in [-0.39, 0.29) is 12.6 Å². The van der Waals surface area contributed by atoms with Gasteiger partial charge in [0, 0.05) is 11.8 Å². The highest BCUT2D eigenvalue weighted by atomic mass is 35.5. The maximum atomic E-state index is 13.6. The zero-order valence-electron chi connectivity index (χ0n) is 17.6. The quantitative estimate of drug-likeness (QED) is 0.435. The fourth-order valence-corrected chi connectivity index (χ4v) is 5.00. The number of carbonyl (C=O) groups excluding carboxylic acids is 1. The summed E-state index contributed by atoms with van der Waals surface area (Å²) < 4.78 is 31.5. The summed E-state index contributed by atoms with van der Waals surface area (Å²) in [6.45, 7) is 5.62. The second-order valence-corrected chi connectivity index (χ2v) is 9.05. The number of rotatable bonds is 3. The van der Waals surface area contributed by atoms with Crippen molar-refractivity contribution in [3.05, 3.63) is 47.5 Å². The van der Waals surface area contributed by atoms with Gasteiger partial charge >= 0.3 is 0 Å². The minimum atomic E-state index is -1.03. The lowest BCUT2D eigenvalue weighted by atomic mass is 9.89. The fourth-order valence-electron chi connectivity index (χ4n) is 4.80. The molecule has 3 aliphatic rings. The van der Waals surface area contributed by atoms with Crippen LogP contribution >= 0.6 is 11.6 Å². The van der Waals surface area contributed by atoms with Gasteiger partial charge in [-0.15, -0.1) is 0 Å². The first kappa shape index (κ1) is 19.9. The number of aromatic nitrogens is 3. The number of Topliss-reactive ketones (excluding diaryl/α,β-unsaturated/α-hetero) is 1. The van der Waals surface area contributed by atoms with Crippen LogP contribution in [0.3, 0.4) is 0 Å². The minimum absolute atomic E-state index is 0.130. The van der Waals surface area contributed by atoms with Gasteiger partial charge < -0.3 is 28.3 Å². The molecule has 9 nitrogen and oxygen atoms in total. The molecule has 1 aromatic carbocycles. The van der Waals surface area contributed by atoms with E-state index in [9.17, 15) is 4.79 Å². The average molecular weight is 458 g/mol. The fraction of sp³-hybridized carbons (Fsp3) is 0.409. The Balaban J connectivity index is 1.42. The second kappa shape index (κ2) is 6.64. The van der Waals surface area contributed by atoms with E-state index < -0.39 is 29.8 Å². The van der Waals surface area contributed by atoms with Crippen LogP contribution in [0.25, 0.3) is 11.0 Å². The van der Waals surface area contributed by atoms with Gasteiger partial charge in [-0.1, -0.05) is 11.6 Å². The smallest absolute Gasteiger partial charge is 0.231 e. The van der Waals surface area contributed by atoms with Crippen molar-refractivity contribution in [2.75, 3.05) is 6.79 Å². The van der Waals surface area contributed by atoms with Gasteiger partial charge in [0.05, 0.1) is 5.39 Å². The number of ketones is 1. The number of carbonyl (C=O) groups is 1. The Labute approximate surface area is 188 Å². The molecule has 0 radical (unpaired) electrons. The second-order valence-electron chi connectivity index (χ2n) is 8.69. The molecule has 3 aromatic rings. The Morgan fingerprint density at radius 3 is 2.81 bits per heavy atom. The van der Waals surface area contributed by atoms with Crippen molar-refractivity contribution in [1.29, 1.82) is 0 Å². The van der Waals surface area contributed by atoms with Crippen molar-refractivity contribution < 1.29 is 28.5 Å². The lowest BCUT2D eigenvalue weighted by Gasteiger charge is -2.28. The van der Waals surface area contributed by atoms with E-state index in [1.54, 1.807) is 24.4 Å². The summed E-state index contributed by atoms with van der Waals surface area (Å²) in [5.74, 6) is 0.0000586. The monoisotopic (exact) mass is 457 g/mol. The SMILES string of the molecule is CC1(C)O[C@H]2[C@H](n3ccc4c(Cl)ncnc43)O[C@H](C(=O)c3ccc4c(c3)OCO4)[C@@]2(C)O1. The Morgan fingerprint density at radius 1 is 1.16 bits per heavy atom. The molecule has 6 rings (SSSR count). The molecule has 0 spiro atoms. The highest BCUT2D eigenvalue weighted by Crippen LogP contribution is 2.51. The standard InChI is InChI=1S/C22H20ClN3O6/c1-21(2)31-17-20(26-7-6-12-18(23)24-9-25-19(12)26)30-16(22(17,3)32-21)15(27)11-4-5-13-14(8-11)29-10-28-13/h4-9,16-17,20H,10H2,1-3H3/t16-,17+,20-,22-/m1/s1. The van der Waals surface area contributed by atoms with Crippen LogP contribution in [0.2, 0.25) is 5.15 Å². The third-order valence-electron chi connectivity index (χ3n) is 6.13. The van der Waals surface area contributed by atoms with Gasteiger partial charge in [0.1, 0.15) is 28.8 Å². The number of ether oxygens (including phenoxy) is 5. The van der Waals surface area contributed by atoms with Crippen LogP contribution in [-0.4, -0.2) is 50.7 Å². The Bertz CT molecular complexity index is 1260. The molecule has 0 N–H and O–H groups in total. The van der Waals surface area contributed by atoms with Gasteiger partial charge in [0.15, 0.2) is 35.4 Å². The molecule has 166 valence electrons. The Kier molecular flexibility index (Phi) is 4.14. The first-order chi connectivity index (χ1) is 15.3. The summed E-state index contributed by atoms with van der Waals surface area (Å²) in [6, 6.07) is 6.89. The average Bonchev–Trinajstić information content (AvgIpc) is 3.48. The third kappa shape index (κ3) is 2.78. The zero-order chi connectivity index (χ0) is 22.3. The van der Waals surface area contributed by atoms with Crippen LogP contribution in [0, 0.1) is 0 Å². The predicted octanol–water partition coefficient (Wildman–Crippen LogP) is 3.50. The first-order valence-corrected chi connectivity index (χ1v) is 10.6. The number of nitrogens with zero attached hydrogens (tertiary/aromatic N) is 3. The summed E-state index contributed by atoms with van der Waals surface area (Å²) in [4.78, 5) is 22.0. The van der Waals surface area contributed by atoms with Crippen molar-refractivity contribution >= 4 is 28.4 Å².